The lowest BCUT2D eigenvalue weighted by Gasteiger charge is -2.40. The smallest absolute Gasteiger partial charge is 0.408 e. The lowest BCUT2D eigenvalue weighted by molar-refractivity contribution is -0.140. The second-order valence-electron chi connectivity index (χ2n) is 7.46. The average molecular weight is 394 g/mol. The maximum Gasteiger partial charge on any atom is 0.408 e. The number of aliphatic carboxylic acids is 1. The molecule has 2 aliphatic rings. The van der Waals surface area contributed by atoms with Crippen LogP contribution in [0.5, 0.6) is 0 Å². The van der Waals surface area contributed by atoms with E-state index < -0.39 is 30.1 Å². The first-order valence-corrected chi connectivity index (χ1v) is 9.63. The van der Waals surface area contributed by atoms with Gasteiger partial charge in [-0.1, -0.05) is 48.5 Å². The number of rotatable bonds is 6. The van der Waals surface area contributed by atoms with E-state index in [4.69, 9.17) is 9.84 Å². The van der Waals surface area contributed by atoms with Crippen LogP contribution in [-0.4, -0.2) is 41.8 Å². The van der Waals surface area contributed by atoms with Gasteiger partial charge in [0.25, 0.3) is 0 Å². The van der Waals surface area contributed by atoms with Gasteiger partial charge >= 0.3 is 12.1 Å². The van der Waals surface area contributed by atoms with Gasteiger partial charge in [0, 0.05) is 5.92 Å². The molecule has 2 aliphatic carbocycles. The van der Waals surface area contributed by atoms with Gasteiger partial charge in [-0.3, -0.25) is 9.59 Å². The van der Waals surface area contributed by atoms with E-state index in [1.807, 2.05) is 36.4 Å². The molecule has 2 aromatic rings. The minimum atomic E-state index is -1.13. The van der Waals surface area contributed by atoms with Crippen LogP contribution in [-0.2, 0) is 14.3 Å². The third-order valence-corrected chi connectivity index (χ3v) is 5.73. The van der Waals surface area contributed by atoms with Crippen LogP contribution in [0.1, 0.15) is 36.3 Å². The number of amides is 2. The van der Waals surface area contributed by atoms with Gasteiger partial charge in [-0.2, -0.15) is 0 Å². The molecule has 2 amide bonds. The molecule has 7 heteroatoms. The minimum Gasteiger partial charge on any atom is -0.480 e. The average Bonchev–Trinajstić information content (AvgIpc) is 3.01. The highest BCUT2D eigenvalue weighted by atomic mass is 16.5. The fraction of sp³-hybridized carbons (Fsp3) is 0.318. The van der Waals surface area contributed by atoms with Crippen LogP contribution in [0.15, 0.2) is 48.5 Å². The van der Waals surface area contributed by atoms with Crippen molar-refractivity contribution >= 4 is 18.0 Å². The Balaban J connectivity index is 1.42. The summed E-state index contributed by atoms with van der Waals surface area (Å²) in [6.45, 7) is -0.320. The second kappa shape index (κ2) is 7.58. The van der Waals surface area contributed by atoms with Gasteiger partial charge in [-0.25, -0.2) is 4.79 Å². The first-order valence-electron chi connectivity index (χ1n) is 9.63. The standard InChI is InChI=1S/C22H22N2O5/c25-19(26)12-23-20(27)22(10-5-11-22)24-21(28)29-13-18-16-8-3-1-6-14(16)15-7-2-4-9-17(15)18/h1-4,6-9,18H,5,10-13H2,(H,23,27)(H,24,28)(H,25,26). The van der Waals surface area contributed by atoms with Gasteiger partial charge in [0.1, 0.15) is 18.7 Å². The number of ether oxygens (including phenoxy) is 1. The Morgan fingerprint density at radius 1 is 1.00 bits per heavy atom. The second-order valence-corrected chi connectivity index (χ2v) is 7.46. The highest BCUT2D eigenvalue weighted by Crippen LogP contribution is 2.44. The molecule has 0 atom stereocenters. The molecular weight excluding hydrogens is 372 g/mol. The molecular formula is C22H22N2O5. The molecule has 0 radical (unpaired) electrons. The van der Waals surface area contributed by atoms with Crippen molar-refractivity contribution in [2.24, 2.45) is 0 Å². The molecule has 7 nitrogen and oxygen atoms in total. The van der Waals surface area contributed by atoms with E-state index in [-0.39, 0.29) is 12.5 Å². The van der Waals surface area contributed by atoms with Crippen molar-refractivity contribution in [2.45, 2.75) is 30.7 Å². The van der Waals surface area contributed by atoms with Crippen molar-refractivity contribution in [1.29, 1.82) is 0 Å². The van der Waals surface area contributed by atoms with E-state index >= 15 is 0 Å². The summed E-state index contributed by atoms with van der Waals surface area (Å²) >= 11 is 0. The first kappa shape index (κ1) is 19.0. The number of hydrogen-bond acceptors (Lipinski definition) is 4. The van der Waals surface area contributed by atoms with Crippen LogP contribution in [0, 0.1) is 0 Å². The molecule has 0 aliphatic heterocycles. The summed E-state index contributed by atoms with van der Waals surface area (Å²) < 4.78 is 5.50. The Morgan fingerprint density at radius 2 is 1.59 bits per heavy atom. The molecule has 0 aromatic heterocycles. The van der Waals surface area contributed by atoms with Gasteiger partial charge in [0.2, 0.25) is 5.91 Å². The topological polar surface area (TPSA) is 105 Å². The normalized spacial score (nSPS) is 16.1. The lowest BCUT2D eigenvalue weighted by atomic mass is 9.76. The fourth-order valence-electron chi connectivity index (χ4n) is 4.09. The molecule has 0 unspecified atom stereocenters. The number of carbonyl (C=O) groups excluding carboxylic acids is 2. The van der Waals surface area contributed by atoms with Crippen LogP contribution in [0.2, 0.25) is 0 Å². The van der Waals surface area contributed by atoms with Crippen molar-refractivity contribution in [1.82, 2.24) is 10.6 Å². The predicted octanol–water partition coefficient (Wildman–Crippen LogP) is 2.65. The van der Waals surface area contributed by atoms with E-state index in [2.05, 4.69) is 22.8 Å². The summed E-state index contributed by atoms with van der Waals surface area (Å²) in [6.07, 6.45) is 1.03. The maximum atomic E-state index is 12.4. The number of hydrogen-bond donors (Lipinski definition) is 3. The molecule has 2 aromatic carbocycles. The van der Waals surface area contributed by atoms with Gasteiger partial charge < -0.3 is 20.5 Å². The van der Waals surface area contributed by atoms with E-state index in [1.54, 1.807) is 0 Å². The summed E-state index contributed by atoms with van der Waals surface area (Å²) in [4.78, 5) is 35.5. The number of nitrogens with one attached hydrogen (secondary N) is 2. The highest BCUT2D eigenvalue weighted by molar-refractivity contribution is 5.92. The summed E-state index contributed by atoms with van der Waals surface area (Å²) in [7, 11) is 0. The predicted molar refractivity (Wildman–Crippen MR) is 105 cm³/mol. The van der Waals surface area contributed by atoms with Crippen LogP contribution in [0.4, 0.5) is 4.79 Å². The maximum absolute atomic E-state index is 12.4. The van der Waals surface area contributed by atoms with Crippen molar-refractivity contribution < 1.29 is 24.2 Å². The third-order valence-electron chi connectivity index (χ3n) is 5.73. The summed E-state index contributed by atoms with van der Waals surface area (Å²) in [5.41, 5.74) is 3.41. The van der Waals surface area contributed by atoms with Gasteiger partial charge in [0.05, 0.1) is 0 Å². The Labute approximate surface area is 168 Å². The molecule has 150 valence electrons. The minimum absolute atomic E-state index is 0.0636. The molecule has 1 saturated carbocycles. The van der Waals surface area contributed by atoms with E-state index in [0.717, 1.165) is 28.7 Å². The zero-order valence-corrected chi connectivity index (χ0v) is 15.8. The highest BCUT2D eigenvalue weighted by Gasteiger charge is 2.46. The number of alkyl carbamates (subject to hydrolysis) is 1. The van der Waals surface area contributed by atoms with Crippen LogP contribution >= 0.6 is 0 Å². The molecule has 29 heavy (non-hydrogen) atoms. The molecule has 0 saturated heterocycles. The molecule has 0 heterocycles. The summed E-state index contributed by atoms with van der Waals surface area (Å²) in [6, 6.07) is 16.1. The van der Waals surface area contributed by atoms with Crippen LogP contribution in [0.3, 0.4) is 0 Å². The SMILES string of the molecule is O=C(O)CNC(=O)C1(NC(=O)OCC2c3ccccc3-c3ccccc32)CCC1. The van der Waals surface area contributed by atoms with E-state index in [9.17, 15) is 14.4 Å². The third kappa shape index (κ3) is 3.55. The van der Waals surface area contributed by atoms with Gasteiger partial charge in [-0.05, 0) is 41.5 Å². The van der Waals surface area contributed by atoms with Gasteiger partial charge in [0.15, 0.2) is 0 Å². The zero-order chi connectivity index (χ0) is 20.4. The molecule has 0 spiro atoms. The van der Waals surface area contributed by atoms with Crippen LogP contribution < -0.4 is 10.6 Å². The molecule has 1 fully saturated rings. The lowest BCUT2D eigenvalue weighted by Crippen LogP contribution is -2.63. The van der Waals surface area contributed by atoms with Gasteiger partial charge in [-0.15, -0.1) is 0 Å². The van der Waals surface area contributed by atoms with Crippen molar-refractivity contribution in [2.75, 3.05) is 13.2 Å². The Morgan fingerprint density at radius 3 is 2.10 bits per heavy atom. The van der Waals surface area contributed by atoms with Crippen molar-refractivity contribution in [3.63, 3.8) is 0 Å². The molecule has 4 rings (SSSR count). The van der Waals surface area contributed by atoms with Crippen molar-refractivity contribution in [3.05, 3.63) is 59.7 Å². The summed E-state index contributed by atoms with van der Waals surface area (Å²) in [5, 5.41) is 13.7. The number of fused-ring (bicyclic) bond motifs is 3. The quantitative estimate of drug-likeness (QED) is 0.699. The summed E-state index contributed by atoms with van der Waals surface area (Å²) in [5.74, 6) is -1.68. The molecule has 0 bridgehead atoms. The Bertz CT molecular complexity index is 922. The number of carboxylic acids is 1. The zero-order valence-electron chi connectivity index (χ0n) is 15.8. The van der Waals surface area contributed by atoms with E-state index in [1.165, 1.54) is 0 Å². The first-order chi connectivity index (χ1) is 14.0. The number of benzene rings is 2. The largest absolute Gasteiger partial charge is 0.480 e. The van der Waals surface area contributed by atoms with E-state index in [0.29, 0.717) is 12.8 Å². The van der Waals surface area contributed by atoms with Crippen molar-refractivity contribution in [3.8, 4) is 11.1 Å². The number of carboxylic acid groups (broad SMARTS) is 1. The monoisotopic (exact) mass is 394 g/mol. The van der Waals surface area contributed by atoms with Crippen LogP contribution in [0.25, 0.3) is 11.1 Å². The fourth-order valence-corrected chi connectivity index (χ4v) is 4.09. The molecule has 3 N–H and O–H groups in total. The Kier molecular flexibility index (Phi) is 4.96. The Hall–Kier alpha value is -3.35. The number of carbonyl (C=O) groups is 3.